The van der Waals surface area contributed by atoms with Gasteiger partial charge < -0.3 is 5.11 Å². The molecule has 0 saturated heterocycles. The van der Waals surface area contributed by atoms with Gasteiger partial charge in [0.05, 0.1) is 10.3 Å². The number of rotatable bonds is 4. The Morgan fingerprint density at radius 2 is 1.27 bits per heavy atom. The average molecular weight is 430 g/mol. The number of phenols is 1. The highest BCUT2D eigenvalue weighted by Crippen LogP contribution is 2.60. The summed E-state index contributed by atoms with van der Waals surface area (Å²) < 4.78 is 65.1. The van der Waals surface area contributed by atoms with Crippen LogP contribution in [0.1, 0.15) is 23.1 Å². The summed E-state index contributed by atoms with van der Waals surface area (Å²) >= 11 is 0. The van der Waals surface area contributed by atoms with Gasteiger partial charge in [0, 0.05) is 6.42 Å². The summed E-state index contributed by atoms with van der Waals surface area (Å²) in [5, 5.41) is 9.70. The van der Waals surface area contributed by atoms with E-state index < -0.39 is 25.7 Å². The summed E-state index contributed by atoms with van der Waals surface area (Å²) in [7, 11) is -5.50. The fraction of sp³-hybridized carbons (Fsp3) is 0.130. The van der Waals surface area contributed by atoms with E-state index in [-0.39, 0.29) is 17.7 Å². The first-order chi connectivity index (χ1) is 14.2. The molecule has 0 amide bonds. The van der Waals surface area contributed by atoms with Crippen LogP contribution in [0.25, 0.3) is 5.57 Å². The molecule has 0 bridgehead atoms. The highest BCUT2D eigenvalue weighted by molar-refractivity contribution is 7.96. The van der Waals surface area contributed by atoms with Gasteiger partial charge in [0.1, 0.15) is 5.75 Å². The van der Waals surface area contributed by atoms with Crippen LogP contribution in [0.4, 0.5) is 13.2 Å². The number of aromatic hydroxyl groups is 1. The maximum absolute atomic E-state index is 13.4. The topological polar surface area (TPSA) is 54.4 Å². The van der Waals surface area contributed by atoms with E-state index in [9.17, 15) is 26.7 Å². The van der Waals surface area contributed by atoms with Crippen molar-refractivity contribution in [2.75, 3.05) is 0 Å². The Balaban J connectivity index is 2.08. The van der Waals surface area contributed by atoms with E-state index in [2.05, 4.69) is 0 Å². The lowest BCUT2D eigenvalue weighted by molar-refractivity contribution is -0.0428. The number of halogens is 3. The molecule has 1 aliphatic rings. The minimum absolute atomic E-state index is 0.00895. The lowest BCUT2D eigenvalue weighted by Gasteiger charge is -2.47. The van der Waals surface area contributed by atoms with Crippen LogP contribution in [0.3, 0.4) is 0 Å². The highest BCUT2D eigenvalue weighted by Gasteiger charge is 2.59. The van der Waals surface area contributed by atoms with E-state index in [1.807, 2.05) is 0 Å². The largest absolute Gasteiger partial charge is 0.508 e. The fourth-order valence-corrected chi connectivity index (χ4v) is 5.31. The SMILES string of the molecule is O=S(=O)(C1=C(c2ccccc2)[C@@](c2ccccc2)(c2ccc(O)cc2)C1)C(F)(F)F. The minimum atomic E-state index is -5.50. The van der Waals surface area contributed by atoms with E-state index in [1.54, 1.807) is 72.8 Å². The predicted octanol–water partition coefficient (Wildman–Crippen LogP) is 5.43. The molecule has 1 atom stereocenters. The van der Waals surface area contributed by atoms with Gasteiger partial charge >= 0.3 is 5.51 Å². The van der Waals surface area contributed by atoms with Crippen molar-refractivity contribution in [3.63, 3.8) is 0 Å². The Hall–Kier alpha value is -3.06. The number of phenolic OH excluding ortho intramolecular Hbond substituents is 1. The zero-order chi connectivity index (χ0) is 21.6. The van der Waals surface area contributed by atoms with E-state index in [0.717, 1.165) is 0 Å². The summed E-state index contributed by atoms with van der Waals surface area (Å²) in [5.74, 6) is 0.00895. The van der Waals surface area contributed by atoms with Crippen molar-refractivity contribution >= 4 is 15.4 Å². The molecule has 0 saturated carbocycles. The van der Waals surface area contributed by atoms with E-state index >= 15 is 0 Å². The van der Waals surface area contributed by atoms with Gasteiger partial charge in [-0.3, -0.25) is 0 Å². The van der Waals surface area contributed by atoms with Gasteiger partial charge in [0.15, 0.2) is 0 Å². The monoisotopic (exact) mass is 430 g/mol. The molecule has 0 fully saturated rings. The van der Waals surface area contributed by atoms with Gasteiger partial charge in [0.2, 0.25) is 0 Å². The highest BCUT2D eigenvalue weighted by atomic mass is 32.2. The molecule has 4 rings (SSSR count). The molecule has 0 radical (unpaired) electrons. The number of hydrogen-bond donors (Lipinski definition) is 1. The van der Waals surface area contributed by atoms with Crippen molar-refractivity contribution in [1.82, 2.24) is 0 Å². The summed E-state index contributed by atoms with van der Waals surface area (Å²) in [6.45, 7) is 0. The molecule has 1 N–H and O–H groups in total. The molecular weight excluding hydrogens is 413 g/mol. The van der Waals surface area contributed by atoms with Gasteiger partial charge in [-0.2, -0.15) is 13.2 Å². The molecule has 3 aromatic rings. The normalized spacial score (nSPS) is 19.4. The zero-order valence-electron chi connectivity index (χ0n) is 15.6. The molecule has 0 aliphatic heterocycles. The lowest BCUT2D eigenvalue weighted by Crippen LogP contribution is -2.43. The maximum atomic E-state index is 13.4. The molecule has 7 heteroatoms. The van der Waals surface area contributed by atoms with Crippen LogP contribution in [0, 0.1) is 0 Å². The number of allylic oxidation sites excluding steroid dienone is 2. The number of hydrogen-bond acceptors (Lipinski definition) is 3. The van der Waals surface area contributed by atoms with Gasteiger partial charge in [-0.25, -0.2) is 8.42 Å². The van der Waals surface area contributed by atoms with Crippen LogP contribution >= 0.6 is 0 Å². The van der Waals surface area contributed by atoms with Crippen LogP contribution in [0.15, 0.2) is 89.8 Å². The molecule has 3 aromatic carbocycles. The molecule has 0 heterocycles. The van der Waals surface area contributed by atoms with Crippen LogP contribution in [0.2, 0.25) is 0 Å². The smallest absolute Gasteiger partial charge is 0.501 e. The summed E-state index contributed by atoms with van der Waals surface area (Å²) in [4.78, 5) is -0.627. The van der Waals surface area contributed by atoms with Crippen molar-refractivity contribution in [3.05, 3.63) is 107 Å². The number of benzene rings is 3. The van der Waals surface area contributed by atoms with Crippen LogP contribution in [0.5, 0.6) is 5.75 Å². The first-order valence-electron chi connectivity index (χ1n) is 9.13. The molecule has 154 valence electrons. The van der Waals surface area contributed by atoms with Crippen molar-refractivity contribution in [1.29, 1.82) is 0 Å². The number of sulfone groups is 1. The quantitative estimate of drug-likeness (QED) is 0.601. The molecule has 0 aromatic heterocycles. The van der Waals surface area contributed by atoms with Crippen molar-refractivity contribution in [2.24, 2.45) is 0 Å². The summed E-state index contributed by atoms with van der Waals surface area (Å²) in [5.41, 5.74) is -4.69. The maximum Gasteiger partial charge on any atom is 0.501 e. The second-order valence-electron chi connectivity index (χ2n) is 7.11. The second kappa shape index (κ2) is 7.02. The standard InChI is InChI=1S/C23H17F3O3S/c24-23(25,26)30(28,29)20-15-22(17-9-5-2-6-10-17,18-11-13-19(27)14-12-18)21(20)16-7-3-1-4-8-16/h1-14,27H,15H2/t22-/m0/s1. The van der Waals surface area contributed by atoms with Crippen LogP contribution < -0.4 is 0 Å². The Bertz CT molecular complexity index is 1200. The third-order valence-electron chi connectivity index (χ3n) is 5.45. The van der Waals surface area contributed by atoms with Crippen molar-refractivity contribution in [2.45, 2.75) is 17.3 Å². The van der Waals surface area contributed by atoms with Crippen molar-refractivity contribution in [3.8, 4) is 5.75 Å². The first-order valence-corrected chi connectivity index (χ1v) is 10.6. The Labute approximate surface area is 172 Å². The van der Waals surface area contributed by atoms with E-state index in [4.69, 9.17) is 0 Å². The van der Waals surface area contributed by atoms with Gasteiger partial charge in [0.25, 0.3) is 9.84 Å². The summed E-state index contributed by atoms with van der Waals surface area (Å²) in [6, 6.07) is 23.2. The molecule has 30 heavy (non-hydrogen) atoms. The summed E-state index contributed by atoms with van der Waals surface area (Å²) in [6.07, 6.45) is -0.326. The Kier molecular flexibility index (Phi) is 4.73. The zero-order valence-corrected chi connectivity index (χ0v) is 16.4. The van der Waals surface area contributed by atoms with Gasteiger partial charge in [-0.1, -0.05) is 72.8 Å². The molecule has 3 nitrogen and oxygen atoms in total. The van der Waals surface area contributed by atoms with E-state index in [1.165, 1.54) is 12.1 Å². The molecule has 1 aliphatic carbocycles. The first kappa shape index (κ1) is 20.2. The van der Waals surface area contributed by atoms with E-state index in [0.29, 0.717) is 16.7 Å². The van der Waals surface area contributed by atoms with Gasteiger partial charge in [-0.15, -0.1) is 0 Å². The average Bonchev–Trinajstić information content (AvgIpc) is 2.69. The number of alkyl halides is 3. The molecular formula is C23H17F3O3S. The van der Waals surface area contributed by atoms with Crippen molar-refractivity contribution < 1.29 is 26.7 Å². The lowest BCUT2D eigenvalue weighted by atomic mass is 9.58. The van der Waals surface area contributed by atoms with Crippen LogP contribution in [-0.4, -0.2) is 19.0 Å². The molecule has 0 spiro atoms. The minimum Gasteiger partial charge on any atom is -0.508 e. The van der Waals surface area contributed by atoms with Crippen LogP contribution in [-0.2, 0) is 15.3 Å². The fourth-order valence-electron chi connectivity index (χ4n) is 4.06. The third-order valence-corrected chi connectivity index (χ3v) is 7.06. The second-order valence-corrected chi connectivity index (χ2v) is 9.07. The third kappa shape index (κ3) is 3.01. The van der Waals surface area contributed by atoms with Gasteiger partial charge in [-0.05, 0) is 34.4 Å². The Morgan fingerprint density at radius 1 is 0.767 bits per heavy atom. The Morgan fingerprint density at radius 3 is 1.80 bits per heavy atom. The predicted molar refractivity (Wildman–Crippen MR) is 108 cm³/mol. The molecule has 0 unspecified atom stereocenters.